The Bertz CT molecular complexity index is 858. The lowest BCUT2D eigenvalue weighted by molar-refractivity contribution is 0.480. The number of aromatic hydroxyl groups is 1. The quantitative estimate of drug-likeness (QED) is 0.732. The molecule has 0 saturated carbocycles. The number of para-hydroxylation sites is 1. The van der Waals surface area contributed by atoms with Gasteiger partial charge in [0.05, 0.1) is 6.20 Å². The van der Waals surface area contributed by atoms with Crippen LogP contribution in [0, 0.1) is 18.3 Å². The number of fused-ring (bicyclic) bond motifs is 1. The molecule has 0 unspecified atom stereocenters. The van der Waals surface area contributed by atoms with E-state index >= 15 is 0 Å². The summed E-state index contributed by atoms with van der Waals surface area (Å²) in [6.45, 7) is 1.86. The monoisotopic (exact) mass is 264 g/mol. The second-order valence-electron chi connectivity index (χ2n) is 4.62. The van der Waals surface area contributed by atoms with Gasteiger partial charge in [-0.3, -0.25) is 0 Å². The molecule has 0 bridgehead atoms. The molecule has 0 atom stereocenters. The van der Waals surface area contributed by atoms with Crippen LogP contribution < -0.4 is 0 Å². The first-order chi connectivity index (χ1) is 9.61. The molecule has 98 valence electrons. The standard InChI is InChI=1S/C15H12N4O/c1-9-6-12(15-17-8-10(7-16)19(15)2)11-4-3-5-13(20)14(11)18-9/h3-6,8,20H,1-2H3. The SMILES string of the molecule is Cc1cc(-c2ncc(C#N)n2C)c2cccc(O)c2n1. The molecule has 20 heavy (non-hydrogen) atoms. The van der Waals surface area contributed by atoms with E-state index in [1.807, 2.05) is 19.1 Å². The number of rotatable bonds is 1. The Labute approximate surface area is 115 Å². The van der Waals surface area contributed by atoms with Gasteiger partial charge in [-0.15, -0.1) is 0 Å². The van der Waals surface area contributed by atoms with Gasteiger partial charge in [0.25, 0.3) is 0 Å². The van der Waals surface area contributed by atoms with E-state index in [0.717, 1.165) is 16.6 Å². The molecule has 0 spiro atoms. The van der Waals surface area contributed by atoms with Gasteiger partial charge in [-0.2, -0.15) is 5.26 Å². The summed E-state index contributed by atoms with van der Waals surface area (Å²) in [4.78, 5) is 8.67. The van der Waals surface area contributed by atoms with E-state index in [4.69, 9.17) is 5.26 Å². The predicted molar refractivity (Wildman–Crippen MR) is 75.1 cm³/mol. The lowest BCUT2D eigenvalue weighted by atomic mass is 10.1. The molecule has 2 aromatic heterocycles. The first-order valence-corrected chi connectivity index (χ1v) is 6.13. The zero-order chi connectivity index (χ0) is 14.3. The molecule has 0 aliphatic carbocycles. The van der Waals surface area contributed by atoms with Crippen molar-refractivity contribution in [2.24, 2.45) is 7.05 Å². The average molecular weight is 264 g/mol. The fourth-order valence-corrected chi connectivity index (χ4v) is 2.31. The van der Waals surface area contributed by atoms with Crippen LogP contribution in [0.4, 0.5) is 0 Å². The van der Waals surface area contributed by atoms with Gasteiger partial charge in [0.15, 0.2) is 0 Å². The first-order valence-electron chi connectivity index (χ1n) is 6.13. The molecular weight excluding hydrogens is 252 g/mol. The van der Waals surface area contributed by atoms with Crippen molar-refractivity contribution in [1.29, 1.82) is 5.26 Å². The Balaban J connectivity index is 2.39. The van der Waals surface area contributed by atoms with Crippen LogP contribution in [0.1, 0.15) is 11.4 Å². The van der Waals surface area contributed by atoms with Gasteiger partial charge >= 0.3 is 0 Å². The summed E-state index contributed by atoms with van der Waals surface area (Å²) in [5.74, 6) is 0.824. The Morgan fingerprint density at radius 3 is 2.85 bits per heavy atom. The third kappa shape index (κ3) is 1.70. The van der Waals surface area contributed by atoms with Gasteiger partial charge in [0.2, 0.25) is 0 Å². The lowest BCUT2D eigenvalue weighted by Crippen LogP contribution is -1.97. The average Bonchev–Trinajstić information content (AvgIpc) is 2.80. The first kappa shape index (κ1) is 12.2. The van der Waals surface area contributed by atoms with Crippen LogP contribution in [0.25, 0.3) is 22.3 Å². The molecular formula is C15H12N4O. The van der Waals surface area contributed by atoms with Crippen LogP contribution in [0.2, 0.25) is 0 Å². The second-order valence-corrected chi connectivity index (χ2v) is 4.62. The third-order valence-corrected chi connectivity index (χ3v) is 3.29. The maximum absolute atomic E-state index is 9.95. The van der Waals surface area contributed by atoms with Crippen LogP contribution in [0.15, 0.2) is 30.5 Å². The van der Waals surface area contributed by atoms with Gasteiger partial charge in [-0.25, -0.2) is 9.97 Å². The highest BCUT2D eigenvalue weighted by Crippen LogP contribution is 2.31. The minimum atomic E-state index is 0.141. The second kappa shape index (κ2) is 4.35. The van der Waals surface area contributed by atoms with Gasteiger partial charge in [0.1, 0.15) is 28.9 Å². The van der Waals surface area contributed by atoms with Crippen LogP contribution >= 0.6 is 0 Å². The molecule has 0 radical (unpaired) electrons. The molecule has 2 heterocycles. The van der Waals surface area contributed by atoms with Crippen molar-refractivity contribution in [1.82, 2.24) is 14.5 Å². The number of aryl methyl sites for hydroxylation is 1. The lowest BCUT2D eigenvalue weighted by Gasteiger charge is -2.09. The van der Waals surface area contributed by atoms with Crippen molar-refractivity contribution in [3.8, 4) is 23.2 Å². The summed E-state index contributed by atoms with van der Waals surface area (Å²) in [6.07, 6.45) is 1.54. The molecule has 0 fully saturated rings. The molecule has 0 saturated heterocycles. The van der Waals surface area contributed by atoms with Crippen LogP contribution in [0.5, 0.6) is 5.75 Å². The number of nitrogens with zero attached hydrogens (tertiary/aromatic N) is 4. The third-order valence-electron chi connectivity index (χ3n) is 3.29. The van der Waals surface area contributed by atoms with E-state index in [0.29, 0.717) is 17.0 Å². The number of aromatic nitrogens is 3. The largest absolute Gasteiger partial charge is 0.506 e. The Morgan fingerprint density at radius 1 is 1.35 bits per heavy atom. The minimum absolute atomic E-state index is 0.141. The molecule has 1 N–H and O–H groups in total. The van der Waals surface area contributed by atoms with Crippen molar-refractivity contribution in [2.45, 2.75) is 6.92 Å². The summed E-state index contributed by atoms with van der Waals surface area (Å²) >= 11 is 0. The summed E-state index contributed by atoms with van der Waals surface area (Å²) in [5.41, 5.74) is 2.68. The number of nitriles is 1. The fourth-order valence-electron chi connectivity index (χ4n) is 2.31. The molecule has 3 rings (SSSR count). The van der Waals surface area contributed by atoms with Gasteiger partial charge in [-0.05, 0) is 19.1 Å². The summed E-state index contributed by atoms with van der Waals surface area (Å²) < 4.78 is 1.73. The van der Waals surface area contributed by atoms with E-state index in [2.05, 4.69) is 16.0 Å². The molecule has 5 heteroatoms. The maximum atomic E-state index is 9.95. The smallest absolute Gasteiger partial charge is 0.141 e. The van der Waals surface area contributed by atoms with Crippen molar-refractivity contribution >= 4 is 10.9 Å². The van der Waals surface area contributed by atoms with Gasteiger partial charge < -0.3 is 9.67 Å². The topological polar surface area (TPSA) is 74.7 Å². The maximum Gasteiger partial charge on any atom is 0.141 e. The Morgan fingerprint density at radius 2 is 2.15 bits per heavy atom. The molecule has 0 aliphatic rings. The van der Waals surface area contributed by atoms with E-state index < -0.39 is 0 Å². The van der Waals surface area contributed by atoms with E-state index in [-0.39, 0.29) is 5.75 Å². The van der Waals surface area contributed by atoms with Crippen LogP contribution in [0.3, 0.4) is 0 Å². The van der Waals surface area contributed by atoms with Crippen molar-refractivity contribution < 1.29 is 5.11 Å². The number of hydrogen-bond acceptors (Lipinski definition) is 4. The minimum Gasteiger partial charge on any atom is -0.506 e. The molecule has 3 aromatic rings. The number of phenols is 1. The molecule has 5 nitrogen and oxygen atoms in total. The highest BCUT2D eigenvalue weighted by Gasteiger charge is 2.14. The van der Waals surface area contributed by atoms with Crippen molar-refractivity contribution in [3.05, 3.63) is 41.9 Å². The van der Waals surface area contributed by atoms with Gasteiger partial charge in [-0.1, -0.05) is 12.1 Å². The van der Waals surface area contributed by atoms with Crippen molar-refractivity contribution in [2.75, 3.05) is 0 Å². The molecule has 1 aromatic carbocycles. The Kier molecular flexibility index (Phi) is 2.65. The summed E-state index contributed by atoms with van der Waals surface area (Å²) in [7, 11) is 1.80. The van der Waals surface area contributed by atoms with E-state index in [9.17, 15) is 5.11 Å². The zero-order valence-corrected chi connectivity index (χ0v) is 11.1. The predicted octanol–water partition coefficient (Wildman–Crippen LogP) is 2.52. The Hall–Kier alpha value is -2.87. The number of pyridine rings is 1. The molecule has 0 amide bonds. The number of imidazole rings is 1. The number of benzene rings is 1. The van der Waals surface area contributed by atoms with Gasteiger partial charge in [0, 0.05) is 23.7 Å². The highest BCUT2D eigenvalue weighted by atomic mass is 16.3. The fraction of sp³-hybridized carbons (Fsp3) is 0.133. The highest BCUT2D eigenvalue weighted by molar-refractivity contribution is 5.96. The zero-order valence-electron chi connectivity index (χ0n) is 11.1. The molecule has 0 aliphatic heterocycles. The summed E-state index contributed by atoms with van der Waals surface area (Å²) in [5, 5.41) is 19.8. The summed E-state index contributed by atoms with van der Waals surface area (Å²) in [6, 6.07) is 9.27. The van der Waals surface area contributed by atoms with E-state index in [1.54, 1.807) is 29.9 Å². The van der Waals surface area contributed by atoms with E-state index in [1.165, 1.54) is 0 Å². The normalized spacial score (nSPS) is 10.7. The number of hydrogen-bond donors (Lipinski definition) is 1. The van der Waals surface area contributed by atoms with Crippen LogP contribution in [-0.4, -0.2) is 19.6 Å². The van der Waals surface area contributed by atoms with Crippen molar-refractivity contribution in [3.63, 3.8) is 0 Å². The number of phenolic OH excluding ortho intramolecular Hbond substituents is 1. The van der Waals surface area contributed by atoms with Crippen LogP contribution in [-0.2, 0) is 7.05 Å².